The first-order valence-corrected chi connectivity index (χ1v) is 6.39. The summed E-state index contributed by atoms with van der Waals surface area (Å²) in [5.41, 5.74) is 1.20. The maximum Gasteiger partial charge on any atom is 0.358 e. The van der Waals surface area contributed by atoms with Gasteiger partial charge in [-0.05, 0) is 34.5 Å². The summed E-state index contributed by atoms with van der Waals surface area (Å²) in [5.74, 6) is -0.422. The molecule has 0 aliphatic carbocycles. The van der Waals surface area contributed by atoms with Gasteiger partial charge in [-0.15, -0.1) is 5.10 Å². The number of halogens is 1. The molecular weight excluding hydrogens is 314 g/mol. The van der Waals surface area contributed by atoms with Crippen molar-refractivity contribution >= 4 is 21.9 Å². The lowest BCUT2D eigenvalue weighted by atomic mass is 10.2. The lowest BCUT2D eigenvalue weighted by Gasteiger charge is -2.09. The van der Waals surface area contributed by atoms with E-state index >= 15 is 0 Å². The van der Waals surface area contributed by atoms with Gasteiger partial charge in [0.1, 0.15) is 5.75 Å². The van der Waals surface area contributed by atoms with E-state index in [1.807, 2.05) is 13.0 Å². The topological polar surface area (TPSA) is 77.2 Å². The Bertz CT molecular complexity index is 625. The molecule has 7 heteroatoms. The fourth-order valence-corrected chi connectivity index (χ4v) is 2.17. The number of carbonyl (C=O) groups is 1. The van der Waals surface area contributed by atoms with E-state index in [1.165, 1.54) is 4.68 Å². The summed E-state index contributed by atoms with van der Waals surface area (Å²) in [6.07, 6.45) is 0.512. The zero-order chi connectivity index (χ0) is 14.0. The molecule has 0 fully saturated rings. The lowest BCUT2D eigenvalue weighted by Crippen LogP contribution is -2.06. The third kappa shape index (κ3) is 2.46. The second-order valence-corrected chi connectivity index (χ2v) is 4.63. The predicted octanol–water partition coefficient (Wildman–Crippen LogP) is 2.30. The Labute approximate surface area is 118 Å². The molecule has 1 heterocycles. The molecule has 0 spiro atoms. The van der Waals surface area contributed by atoms with Crippen LogP contribution < -0.4 is 4.74 Å². The maximum absolute atomic E-state index is 11.1. The molecule has 6 nitrogen and oxygen atoms in total. The van der Waals surface area contributed by atoms with Gasteiger partial charge in [-0.2, -0.15) is 0 Å². The van der Waals surface area contributed by atoms with Crippen molar-refractivity contribution in [2.45, 2.75) is 13.3 Å². The Balaban J connectivity index is 2.61. The Morgan fingerprint density at radius 1 is 1.53 bits per heavy atom. The van der Waals surface area contributed by atoms with Crippen molar-refractivity contribution in [3.63, 3.8) is 0 Å². The number of methoxy groups -OCH3 is 1. The highest BCUT2D eigenvalue weighted by Crippen LogP contribution is 2.27. The van der Waals surface area contributed by atoms with E-state index in [1.54, 1.807) is 19.2 Å². The molecule has 100 valence electrons. The van der Waals surface area contributed by atoms with Gasteiger partial charge in [-0.3, -0.25) is 0 Å². The molecule has 0 radical (unpaired) electrons. The average molecular weight is 326 g/mol. The van der Waals surface area contributed by atoms with Gasteiger partial charge < -0.3 is 9.84 Å². The predicted molar refractivity (Wildman–Crippen MR) is 71.9 cm³/mol. The van der Waals surface area contributed by atoms with Gasteiger partial charge in [0.2, 0.25) is 0 Å². The van der Waals surface area contributed by atoms with Crippen molar-refractivity contribution in [2.24, 2.45) is 0 Å². The van der Waals surface area contributed by atoms with Crippen LogP contribution in [0.4, 0.5) is 0 Å². The molecular formula is C12H12BrN3O3. The Morgan fingerprint density at radius 2 is 2.26 bits per heavy atom. The number of rotatable bonds is 4. The fourth-order valence-electron chi connectivity index (χ4n) is 1.76. The minimum Gasteiger partial charge on any atom is -0.497 e. The quantitative estimate of drug-likeness (QED) is 0.933. The molecule has 0 atom stereocenters. The maximum atomic E-state index is 11.1. The van der Waals surface area contributed by atoms with E-state index in [2.05, 4.69) is 26.2 Å². The molecule has 1 aromatic carbocycles. The van der Waals surface area contributed by atoms with Crippen LogP contribution >= 0.6 is 15.9 Å². The molecule has 0 aliphatic heterocycles. The molecule has 0 saturated carbocycles. The van der Waals surface area contributed by atoms with Crippen LogP contribution in [0.25, 0.3) is 5.69 Å². The highest BCUT2D eigenvalue weighted by Gasteiger charge is 2.19. The fraction of sp³-hybridized carbons (Fsp3) is 0.250. The number of carboxylic acids is 1. The first kappa shape index (κ1) is 13.5. The first-order valence-electron chi connectivity index (χ1n) is 5.60. The zero-order valence-corrected chi connectivity index (χ0v) is 12.0. The summed E-state index contributed by atoms with van der Waals surface area (Å²) in [4.78, 5) is 11.1. The van der Waals surface area contributed by atoms with Crippen LogP contribution in [-0.2, 0) is 6.42 Å². The number of ether oxygens (including phenoxy) is 1. The molecule has 0 amide bonds. The Hall–Kier alpha value is -1.89. The summed E-state index contributed by atoms with van der Waals surface area (Å²) in [5, 5.41) is 16.7. The van der Waals surface area contributed by atoms with Gasteiger partial charge in [0.15, 0.2) is 5.69 Å². The molecule has 2 aromatic rings. The second-order valence-electron chi connectivity index (χ2n) is 3.77. The van der Waals surface area contributed by atoms with E-state index in [4.69, 9.17) is 9.84 Å². The number of hydrogen-bond acceptors (Lipinski definition) is 4. The summed E-state index contributed by atoms with van der Waals surface area (Å²) < 4.78 is 7.45. The number of hydrogen-bond donors (Lipinski definition) is 1. The minimum absolute atomic E-state index is 0.0304. The van der Waals surface area contributed by atoms with E-state index in [0.717, 1.165) is 4.47 Å². The highest BCUT2D eigenvalue weighted by molar-refractivity contribution is 9.10. The zero-order valence-electron chi connectivity index (χ0n) is 10.4. The number of aromatic carboxylic acids is 1. The van der Waals surface area contributed by atoms with Gasteiger partial charge in [0.05, 0.1) is 18.5 Å². The van der Waals surface area contributed by atoms with Crippen LogP contribution in [0.1, 0.15) is 23.1 Å². The molecule has 0 unspecified atom stereocenters. The number of nitrogens with zero attached hydrogens (tertiary/aromatic N) is 3. The molecule has 0 saturated heterocycles. The SMILES string of the molecule is CCc1c(C(=O)O)nnn1-c1cc(OC)ccc1Br. The van der Waals surface area contributed by atoms with E-state index < -0.39 is 5.97 Å². The smallest absolute Gasteiger partial charge is 0.358 e. The summed E-state index contributed by atoms with van der Waals surface area (Å²) in [6, 6.07) is 5.38. The standard InChI is InChI=1S/C12H12BrN3O3/c1-3-9-11(12(17)18)14-15-16(9)10-6-7(19-2)4-5-8(10)13/h4-6H,3H2,1-2H3,(H,17,18). The van der Waals surface area contributed by atoms with Crippen molar-refractivity contribution in [1.82, 2.24) is 15.0 Å². The van der Waals surface area contributed by atoms with Gasteiger partial charge in [0.25, 0.3) is 0 Å². The van der Waals surface area contributed by atoms with Crippen molar-refractivity contribution in [2.75, 3.05) is 7.11 Å². The normalized spacial score (nSPS) is 10.5. The van der Waals surface area contributed by atoms with Crippen molar-refractivity contribution in [3.05, 3.63) is 34.1 Å². The molecule has 0 bridgehead atoms. The van der Waals surface area contributed by atoms with Crippen LogP contribution in [0, 0.1) is 0 Å². The third-order valence-corrected chi connectivity index (χ3v) is 3.35. The van der Waals surface area contributed by atoms with Gasteiger partial charge >= 0.3 is 5.97 Å². The molecule has 1 N–H and O–H groups in total. The Morgan fingerprint density at radius 3 is 2.84 bits per heavy atom. The lowest BCUT2D eigenvalue weighted by molar-refractivity contribution is 0.0689. The number of benzene rings is 1. The molecule has 0 aliphatic rings. The van der Waals surface area contributed by atoms with Crippen LogP contribution in [0.2, 0.25) is 0 Å². The van der Waals surface area contributed by atoms with Gasteiger partial charge in [0, 0.05) is 10.5 Å². The van der Waals surface area contributed by atoms with Crippen LogP contribution in [0.5, 0.6) is 5.75 Å². The number of carboxylic acid groups (broad SMARTS) is 1. The van der Waals surface area contributed by atoms with Crippen LogP contribution in [0.3, 0.4) is 0 Å². The van der Waals surface area contributed by atoms with Crippen molar-refractivity contribution in [1.29, 1.82) is 0 Å². The second kappa shape index (κ2) is 5.40. The first-order chi connectivity index (χ1) is 9.08. The van der Waals surface area contributed by atoms with Crippen LogP contribution in [0.15, 0.2) is 22.7 Å². The highest BCUT2D eigenvalue weighted by atomic mass is 79.9. The summed E-state index contributed by atoms with van der Waals surface area (Å²) in [7, 11) is 1.57. The Kier molecular flexibility index (Phi) is 3.84. The van der Waals surface area contributed by atoms with Crippen LogP contribution in [-0.4, -0.2) is 33.2 Å². The van der Waals surface area contributed by atoms with E-state index in [0.29, 0.717) is 23.6 Å². The monoisotopic (exact) mass is 325 g/mol. The minimum atomic E-state index is -1.08. The van der Waals surface area contributed by atoms with Crippen molar-refractivity contribution in [3.8, 4) is 11.4 Å². The number of aromatic nitrogens is 3. The van der Waals surface area contributed by atoms with Gasteiger partial charge in [-0.25, -0.2) is 9.48 Å². The van der Waals surface area contributed by atoms with E-state index in [-0.39, 0.29) is 5.69 Å². The molecule has 2 rings (SSSR count). The largest absolute Gasteiger partial charge is 0.497 e. The van der Waals surface area contributed by atoms with E-state index in [9.17, 15) is 4.79 Å². The van der Waals surface area contributed by atoms with Crippen molar-refractivity contribution < 1.29 is 14.6 Å². The average Bonchev–Trinajstić information content (AvgIpc) is 2.83. The van der Waals surface area contributed by atoms with Gasteiger partial charge in [-0.1, -0.05) is 12.1 Å². The third-order valence-electron chi connectivity index (χ3n) is 2.68. The molecule has 1 aromatic heterocycles. The molecule has 19 heavy (non-hydrogen) atoms. The summed E-state index contributed by atoms with van der Waals surface area (Å²) in [6.45, 7) is 1.86. The summed E-state index contributed by atoms with van der Waals surface area (Å²) >= 11 is 3.41.